The van der Waals surface area contributed by atoms with Crippen LogP contribution in [0.1, 0.15) is 11.1 Å². The fourth-order valence-corrected chi connectivity index (χ4v) is 3.47. The van der Waals surface area contributed by atoms with Gasteiger partial charge < -0.3 is 0 Å². The maximum Gasteiger partial charge on any atom is 0.241 e. The Morgan fingerprint density at radius 1 is 1.04 bits per heavy atom. The third-order valence-corrected chi connectivity index (χ3v) is 5.11. The molecule has 0 radical (unpaired) electrons. The molecule has 0 saturated carbocycles. The van der Waals surface area contributed by atoms with Gasteiger partial charge in [-0.25, -0.2) is 12.8 Å². The molecule has 0 saturated heterocycles. The second kappa shape index (κ2) is 8.13. The van der Waals surface area contributed by atoms with Gasteiger partial charge in [-0.3, -0.25) is 9.59 Å². The van der Waals surface area contributed by atoms with Crippen LogP contribution in [0.5, 0.6) is 0 Å². The molecule has 2 aromatic carbocycles. The first-order valence-electron chi connectivity index (χ1n) is 7.59. The molecule has 0 unspecified atom stereocenters. The van der Waals surface area contributed by atoms with Crippen LogP contribution in [-0.4, -0.2) is 32.7 Å². The molecule has 2 rings (SSSR count). The maximum atomic E-state index is 12.6. The van der Waals surface area contributed by atoms with Crippen molar-refractivity contribution in [2.24, 2.45) is 0 Å². The molecule has 0 spiro atoms. The molecule has 0 amide bonds. The van der Waals surface area contributed by atoms with Crippen molar-refractivity contribution in [2.45, 2.75) is 24.3 Å². The Morgan fingerprint density at radius 3 is 2.20 bits per heavy atom. The second-order valence-corrected chi connectivity index (χ2v) is 7.31. The van der Waals surface area contributed by atoms with E-state index >= 15 is 0 Å². The lowest BCUT2D eigenvalue weighted by Crippen LogP contribution is -2.45. The highest BCUT2D eigenvalue weighted by molar-refractivity contribution is 7.89. The lowest BCUT2D eigenvalue weighted by Gasteiger charge is -2.17. The van der Waals surface area contributed by atoms with Gasteiger partial charge in [0.05, 0.1) is 10.9 Å². The number of alkyl halides is 1. The van der Waals surface area contributed by atoms with Gasteiger partial charge >= 0.3 is 0 Å². The van der Waals surface area contributed by atoms with Crippen LogP contribution in [0.4, 0.5) is 4.39 Å². The van der Waals surface area contributed by atoms with Crippen LogP contribution in [0, 0.1) is 6.92 Å². The van der Waals surface area contributed by atoms with E-state index in [1.165, 1.54) is 12.1 Å². The molecule has 1 N–H and O–H groups in total. The molecular formula is C18H18FNO4S. The summed E-state index contributed by atoms with van der Waals surface area (Å²) < 4.78 is 39.8. The van der Waals surface area contributed by atoms with Crippen LogP contribution in [-0.2, 0) is 26.0 Å². The van der Waals surface area contributed by atoms with Crippen molar-refractivity contribution in [3.8, 4) is 0 Å². The van der Waals surface area contributed by atoms with Crippen molar-refractivity contribution in [2.75, 3.05) is 6.67 Å². The van der Waals surface area contributed by atoms with Gasteiger partial charge in [0, 0.05) is 0 Å². The summed E-state index contributed by atoms with van der Waals surface area (Å²) in [5.41, 5.74) is 1.53. The first kappa shape index (κ1) is 19.0. The summed E-state index contributed by atoms with van der Waals surface area (Å²) in [5.74, 6) is -2.35. The minimum atomic E-state index is -4.03. The Hall–Kier alpha value is -2.38. The summed E-state index contributed by atoms with van der Waals surface area (Å²) in [4.78, 5) is 23.5. The van der Waals surface area contributed by atoms with Crippen molar-refractivity contribution in [1.29, 1.82) is 0 Å². The molecule has 0 aliphatic rings. The van der Waals surface area contributed by atoms with Gasteiger partial charge in [0.15, 0.2) is 6.67 Å². The zero-order chi connectivity index (χ0) is 18.4. The van der Waals surface area contributed by atoms with Crippen LogP contribution in [0.2, 0.25) is 0 Å². The summed E-state index contributed by atoms with van der Waals surface area (Å²) >= 11 is 0. The van der Waals surface area contributed by atoms with Gasteiger partial charge in [0.25, 0.3) is 0 Å². The Morgan fingerprint density at radius 2 is 1.64 bits per heavy atom. The summed E-state index contributed by atoms with van der Waals surface area (Å²) in [7, 11) is -4.03. The van der Waals surface area contributed by atoms with Gasteiger partial charge in [-0.2, -0.15) is 4.72 Å². The number of benzene rings is 2. The number of hydrogen-bond donors (Lipinski definition) is 1. The van der Waals surface area contributed by atoms with Crippen LogP contribution in [0.15, 0.2) is 59.5 Å². The molecule has 7 heteroatoms. The quantitative estimate of drug-likeness (QED) is 0.728. The second-order valence-electron chi connectivity index (χ2n) is 5.60. The summed E-state index contributed by atoms with van der Waals surface area (Å²) in [6, 6.07) is 13.3. The highest BCUT2D eigenvalue weighted by Gasteiger charge is 2.30. The fourth-order valence-electron chi connectivity index (χ4n) is 2.27. The normalized spacial score (nSPS) is 12.6. The fraction of sp³-hybridized carbons (Fsp3) is 0.222. The molecule has 5 nitrogen and oxygen atoms in total. The molecule has 25 heavy (non-hydrogen) atoms. The molecule has 0 aromatic heterocycles. The highest BCUT2D eigenvalue weighted by Crippen LogP contribution is 2.13. The van der Waals surface area contributed by atoms with Gasteiger partial charge in [-0.1, -0.05) is 48.0 Å². The smallest absolute Gasteiger partial charge is 0.241 e. The van der Waals surface area contributed by atoms with Crippen molar-refractivity contribution < 1.29 is 22.4 Å². The van der Waals surface area contributed by atoms with E-state index < -0.39 is 34.3 Å². The minimum absolute atomic E-state index is 0.0309. The molecule has 0 bridgehead atoms. The van der Waals surface area contributed by atoms with Gasteiger partial charge in [0.2, 0.25) is 21.6 Å². The summed E-state index contributed by atoms with van der Waals surface area (Å²) in [6.45, 7) is 0.349. The Balaban J connectivity index is 2.30. The molecule has 0 heterocycles. The third kappa shape index (κ3) is 5.04. The number of carbonyl (C=O) groups excluding carboxylic acids is 2. The van der Waals surface area contributed by atoms with Crippen molar-refractivity contribution in [3.05, 3.63) is 65.7 Å². The molecule has 132 valence electrons. The zero-order valence-corrected chi connectivity index (χ0v) is 14.4. The monoisotopic (exact) mass is 363 g/mol. The van der Waals surface area contributed by atoms with E-state index in [-0.39, 0.29) is 11.3 Å². The van der Waals surface area contributed by atoms with Crippen LogP contribution in [0.25, 0.3) is 0 Å². The van der Waals surface area contributed by atoms with Crippen molar-refractivity contribution >= 4 is 21.6 Å². The predicted molar refractivity (Wildman–Crippen MR) is 91.4 cm³/mol. The number of rotatable bonds is 8. The number of nitrogens with one attached hydrogen (secondary N) is 1. The van der Waals surface area contributed by atoms with E-state index in [0.29, 0.717) is 5.56 Å². The average molecular weight is 363 g/mol. The molecule has 0 aliphatic carbocycles. The van der Waals surface area contributed by atoms with E-state index in [1.54, 1.807) is 42.5 Å². The number of sulfonamides is 1. The number of aryl methyl sites for hydroxylation is 1. The average Bonchev–Trinajstić information content (AvgIpc) is 2.61. The topological polar surface area (TPSA) is 80.3 Å². The minimum Gasteiger partial charge on any atom is -0.289 e. The van der Waals surface area contributed by atoms with E-state index in [0.717, 1.165) is 5.56 Å². The summed E-state index contributed by atoms with van der Waals surface area (Å²) in [5, 5.41) is 0. The number of carbonyl (C=O) groups is 2. The maximum absolute atomic E-state index is 12.6. The first-order chi connectivity index (χ1) is 11.8. The van der Waals surface area contributed by atoms with Crippen LogP contribution >= 0.6 is 0 Å². The first-order valence-corrected chi connectivity index (χ1v) is 9.08. The number of halogens is 1. The van der Waals surface area contributed by atoms with Gasteiger partial charge in [0.1, 0.15) is 0 Å². The SMILES string of the molecule is Cc1ccc(S(=O)(=O)N[C@@H](Cc2ccccc2)C(=O)C(=O)CF)cc1. The molecule has 2 aromatic rings. The molecule has 0 aliphatic heterocycles. The van der Waals surface area contributed by atoms with Gasteiger partial charge in [-0.05, 0) is 31.0 Å². The molecule has 1 atom stereocenters. The lowest BCUT2D eigenvalue weighted by molar-refractivity contribution is -0.138. The van der Waals surface area contributed by atoms with Gasteiger partial charge in [-0.15, -0.1) is 0 Å². The standard InChI is InChI=1S/C18H18FNO4S/c1-13-7-9-15(10-8-13)25(23,24)20-16(18(22)17(21)12-19)11-14-5-3-2-4-6-14/h2-10,16,20H,11-12H2,1H3/t16-/m0/s1. The largest absolute Gasteiger partial charge is 0.289 e. The van der Waals surface area contributed by atoms with E-state index in [1.807, 2.05) is 6.92 Å². The highest BCUT2D eigenvalue weighted by atomic mass is 32.2. The Labute approximate surface area is 145 Å². The number of Topliss-reactive ketones (excluding diaryl/α,β-unsaturated/α-hetero) is 2. The van der Waals surface area contributed by atoms with E-state index in [9.17, 15) is 22.4 Å². The van der Waals surface area contributed by atoms with Crippen molar-refractivity contribution in [3.63, 3.8) is 0 Å². The Kier molecular flexibility index (Phi) is 6.17. The number of ketones is 2. The zero-order valence-electron chi connectivity index (χ0n) is 13.6. The number of hydrogen-bond acceptors (Lipinski definition) is 4. The predicted octanol–water partition coefficient (Wildman–Crippen LogP) is 1.99. The Bertz CT molecular complexity index is 848. The van der Waals surface area contributed by atoms with Crippen molar-refractivity contribution in [1.82, 2.24) is 4.72 Å². The van der Waals surface area contributed by atoms with Crippen LogP contribution < -0.4 is 4.72 Å². The molecular weight excluding hydrogens is 345 g/mol. The molecule has 0 fully saturated rings. The van der Waals surface area contributed by atoms with Crippen LogP contribution in [0.3, 0.4) is 0 Å². The third-order valence-electron chi connectivity index (χ3n) is 3.62. The van der Waals surface area contributed by atoms with E-state index in [4.69, 9.17) is 0 Å². The lowest BCUT2D eigenvalue weighted by atomic mass is 10.0. The summed E-state index contributed by atoms with van der Waals surface area (Å²) in [6.07, 6.45) is -0.0451. The van der Waals surface area contributed by atoms with E-state index in [2.05, 4.69) is 4.72 Å².